The van der Waals surface area contributed by atoms with Gasteiger partial charge in [-0.15, -0.1) is 10.2 Å². The molecule has 0 saturated carbocycles. The largest absolute Gasteiger partial charge is 0.481 e. The van der Waals surface area contributed by atoms with Crippen LogP contribution in [0.5, 0.6) is 0 Å². The summed E-state index contributed by atoms with van der Waals surface area (Å²) in [4.78, 5) is 23.4. The molecule has 4 aromatic rings. The first kappa shape index (κ1) is 23.3. The third-order valence-electron chi connectivity index (χ3n) is 5.36. The molecule has 6 nitrogen and oxygen atoms in total. The Balaban J connectivity index is 1.47. The average molecular weight is 476 g/mol. The van der Waals surface area contributed by atoms with Crippen LogP contribution in [-0.2, 0) is 17.6 Å². The number of carbonyl (C=O) groups excluding carboxylic acids is 1. The standard InChI is InChI=1S/C26H22FN3O3S/c27-22-9-5-4-8-20(22)21(18-6-2-1-3-7-18)16-23-29-30-26(34-23)25(33)28-19-13-10-17(11-14-19)12-15-24(31)32/h1-11,13-14,21H,12,15-16H2,(H,28,33)(H,31,32). The number of aliphatic carboxylic acids is 1. The Morgan fingerprint density at radius 2 is 1.65 bits per heavy atom. The van der Waals surface area contributed by atoms with E-state index in [0.717, 1.165) is 11.1 Å². The van der Waals surface area contributed by atoms with E-state index in [0.29, 0.717) is 29.1 Å². The van der Waals surface area contributed by atoms with E-state index in [9.17, 15) is 14.0 Å². The zero-order chi connectivity index (χ0) is 23.9. The van der Waals surface area contributed by atoms with Gasteiger partial charge in [-0.25, -0.2) is 4.39 Å². The van der Waals surface area contributed by atoms with Crippen molar-refractivity contribution in [3.63, 3.8) is 0 Å². The van der Waals surface area contributed by atoms with Crippen LogP contribution in [0.3, 0.4) is 0 Å². The molecule has 1 aromatic heterocycles. The van der Waals surface area contributed by atoms with Crippen molar-refractivity contribution >= 4 is 28.9 Å². The number of carboxylic acids is 1. The van der Waals surface area contributed by atoms with Crippen molar-refractivity contribution in [1.82, 2.24) is 10.2 Å². The molecule has 0 aliphatic heterocycles. The number of rotatable bonds is 9. The van der Waals surface area contributed by atoms with Crippen LogP contribution in [0.25, 0.3) is 0 Å². The Bertz CT molecular complexity index is 1280. The van der Waals surface area contributed by atoms with Gasteiger partial charge in [-0.2, -0.15) is 0 Å². The minimum Gasteiger partial charge on any atom is -0.481 e. The van der Waals surface area contributed by atoms with Gasteiger partial charge >= 0.3 is 5.97 Å². The third-order valence-corrected chi connectivity index (χ3v) is 6.31. The van der Waals surface area contributed by atoms with Crippen molar-refractivity contribution < 1.29 is 19.1 Å². The smallest absolute Gasteiger partial charge is 0.303 e. The fourth-order valence-corrected chi connectivity index (χ4v) is 4.42. The quantitative estimate of drug-likeness (QED) is 0.342. The van der Waals surface area contributed by atoms with E-state index in [1.165, 1.54) is 17.4 Å². The molecule has 0 aliphatic carbocycles. The van der Waals surface area contributed by atoms with E-state index in [-0.39, 0.29) is 29.1 Å². The second-order valence-corrected chi connectivity index (χ2v) is 8.80. The molecular formula is C26H22FN3O3S. The van der Waals surface area contributed by atoms with Gasteiger partial charge in [0.05, 0.1) is 0 Å². The van der Waals surface area contributed by atoms with E-state index in [2.05, 4.69) is 15.5 Å². The van der Waals surface area contributed by atoms with Gasteiger partial charge < -0.3 is 10.4 Å². The molecule has 3 aromatic carbocycles. The molecular weight excluding hydrogens is 453 g/mol. The summed E-state index contributed by atoms with van der Waals surface area (Å²) >= 11 is 1.18. The van der Waals surface area contributed by atoms with Gasteiger partial charge in [0.25, 0.3) is 5.91 Å². The molecule has 1 heterocycles. The van der Waals surface area contributed by atoms with Crippen molar-refractivity contribution in [3.05, 3.63) is 111 Å². The first-order chi connectivity index (χ1) is 16.5. The summed E-state index contributed by atoms with van der Waals surface area (Å²) in [5.74, 6) is -1.78. The van der Waals surface area contributed by atoms with Crippen molar-refractivity contribution in [1.29, 1.82) is 0 Å². The molecule has 2 N–H and O–H groups in total. The normalized spacial score (nSPS) is 11.7. The van der Waals surface area contributed by atoms with Gasteiger partial charge in [-0.3, -0.25) is 9.59 Å². The molecule has 8 heteroatoms. The molecule has 34 heavy (non-hydrogen) atoms. The van der Waals surface area contributed by atoms with Crippen molar-refractivity contribution in [2.75, 3.05) is 5.32 Å². The Labute approximate surface area is 200 Å². The number of aromatic nitrogens is 2. The molecule has 172 valence electrons. The Morgan fingerprint density at radius 3 is 2.35 bits per heavy atom. The molecule has 0 aliphatic rings. The number of aryl methyl sites for hydroxylation is 1. The van der Waals surface area contributed by atoms with E-state index in [4.69, 9.17) is 5.11 Å². The maximum atomic E-state index is 14.6. The number of carbonyl (C=O) groups is 2. The van der Waals surface area contributed by atoms with E-state index in [1.54, 1.807) is 42.5 Å². The number of hydrogen-bond acceptors (Lipinski definition) is 5. The molecule has 1 unspecified atom stereocenters. The fourth-order valence-electron chi connectivity index (χ4n) is 3.64. The van der Waals surface area contributed by atoms with Crippen molar-refractivity contribution in [2.24, 2.45) is 0 Å². The van der Waals surface area contributed by atoms with Gasteiger partial charge in [0.2, 0.25) is 5.01 Å². The van der Waals surface area contributed by atoms with Crippen LogP contribution < -0.4 is 5.32 Å². The highest BCUT2D eigenvalue weighted by Gasteiger charge is 2.21. The minimum absolute atomic E-state index is 0.0517. The predicted molar refractivity (Wildman–Crippen MR) is 129 cm³/mol. The molecule has 4 rings (SSSR count). The SMILES string of the molecule is O=C(O)CCc1ccc(NC(=O)c2nnc(CC(c3ccccc3)c3ccccc3F)s2)cc1. The minimum atomic E-state index is -0.853. The number of benzene rings is 3. The van der Waals surface area contributed by atoms with Gasteiger partial charge in [-0.05, 0) is 41.3 Å². The fraction of sp³-hybridized carbons (Fsp3) is 0.154. The second-order valence-electron chi connectivity index (χ2n) is 7.73. The topological polar surface area (TPSA) is 92.2 Å². The molecule has 0 saturated heterocycles. The summed E-state index contributed by atoms with van der Waals surface area (Å²) in [7, 11) is 0. The summed E-state index contributed by atoms with van der Waals surface area (Å²) in [6.07, 6.45) is 0.887. The Hall–Kier alpha value is -3.91. The van der Waals surface area contributed by atoms with Crippen LogP contribution in [-0.4, -0.2) is 27.2 Å². The molecule has 0 spiro atoms. The molecule has 0 fully saturated rings. The molecule has 1 amide bonds. The van der Waals surface area contributed by atoms with Crippen molar-refractivity contribution in [2.45, 2.75) is 25.2 Å². The second kappa shape index (κ2) is 10.8. The highest BCUT2D eigenvalue weighted by molar-refractivity contribution is 7.13. The van der Waals surface area contributed by atoms with Crippen LogP contribution >= 0.6 is 11.3 Å². The number of nitrogens with zero attached hydrogens (tertiary/aromatic N) is 2. The maximum Gasteiger partial charge on any atom is 0.303 e. The summed E-state index contributed by atoms with van der Waals surface area (Å²) < 4.78 is 14.6. The Morgan fingerprint density at radius 1 is 0.941 bits per heavy atom. The zero-order valence-corrected chi connectivity index (χ0v) is 19.0. The number of anilines is 1. The lowest BCUT2D eigenvalue weighted by atomic mass is 9.88. The molecule has 1 atom stereocenters. The van der Waals surface area contributed by atoms with Gasteiger partial charge in [0.1, 0.15) is 10.8 Å². The lowest BCUT2D eigenvalue weighted by Crippen LogP contribution is -2.11. The van der Waals surface area contributed by atoms with Crippen LogP contribution in [0.2, 0.25) is 0 Å². The average Bonchev–Trinajstić information content (AvgIpc) is 3.32. The lowest BCUT2D eigenvalue weighted by Gasteiger charge is -2.17. The summed E-state index contributed by atoms with van der Waals surface area (Å²) in [6, 6.07) is 23.3. The van der Waals surface area contributed by atoms with Crippen LogP contribution in [0.1, 0.15) is 43.8 Å². The highest BCUT2D eigenvalue weighted by atomic mass is 32.1. The number of halogens is 1. The van der Waals surface area contributed by atoms with Crippen LogP contribution in [0, 0.1) is 5.82 Å². The Kier molecular flexibility index (Phi) is 7.39. The van der Waals surface area contributed by atoms with Gasteiger partial charge in [0.15, 0.2) is 0 Å². The van der Waals surface area contributed by atoms with Crippen LogP contribution in [0.15, 0.2) is 78.9 Å². The van der Waals surface area contributed by atoms with E-state index < -0.39 is 5.97 Å². The van der Waals surface area contributed by atoms with Crippen molar-refractivity contribution in [3.8, 4) is 0 Å². The first-order valence-corrected chi connectivity index (χ1v) is 11.5. The number of nitrogens with one attached hydrogen (secondary N) is 1. The van der Waals surface area contributed by atoms with Crippen LogP contribution in [0.4, 0.5) is 10.1 Å². The zero-order valence-electron chi connectivity index (χ0n) is 18.1. The molecule has 0 bridgehead atoms. The van der Waals surface area contributed by atoms with E-state index >= 15 is 0 Å². The monoisotopic (exact) mass is 475 g/mol. The van der Waals surface area contributed by atoms with Gasteiger partial charge in [-0.1, -0.05) is 72.0 Å². The third kappa shape index (κ3) is 5.90. The number of amides is 1. The predicted octanol–water partition coefficient (Wildman–Crippen LogP) is 5.32. The van der Waals surface area contributed by atoms with Gasteiger partial charge in [0, 0.05) is 24.4 Å². The highest BCUT2D eigenvalue weighted by Crippen LogP contribution is 2.31. The lowest BCUT2D eigenvalue weighted by molar-refractivity contribution is -0.136. The molecule has 0 radical (unpaired) electrons. The first-order valence-electron chi connectivity index (χ1n) is 10.7. The van der Waals surface area contributed by atoms with E-state index in [1.807, 2.05) is 30.3 Å². The maximum absolute atomic E-state index is 14.6. The number of carboxylic acid groups (broad SMARTS) is 1. The summed E-state index contributed by atoms with van der Waals surface area (Å²) in [5.41, 5.74) is 2.97. The summed E-state index contributed by atoms with van der Waals surface area (Å²) in [5, 5.41) is 20.6. The number of hydrogen-bond donors (Lipinski definition) is 2. The summed E-state index contributed by atoms with van der Waals surface area (Å²) in [6.45, 7) is 0.